The Hall–Kier alpha value is -2.42. The average Bonchev–Trinajstić information content (AvgIpc) is 3.07. The number of aryl methyl sites for hydroxylation is 1. The summed E-state index contributed by atoms with van der Waals surface area (Å²) < 4.78 is 1.55. The lowest BCUT2D eigenvalue weighted by Gasteiger charge is -2.46. The molecule has 4 N–H and O–H groups in total. The molecule has 2 aliphatic rings. The topological polar surface area (TPSA) is 125 Å². The van der Waals surface area contributed by atoms with E-state index in [1.54, 1.807) is 24.0 Å². The van der Waals surface area contributed by atoms with Crippen molar-refractivity contribution in [1.29, 1.82) is 0 Å². The summed E-state index contributed by atoms with van der Waals surface area (Å²) in [7, 11) is 1.73. The van der Waals surface area contributed by atoms with Crippen LogP contribution >= 0.6 is 0 Å². The van der Waals surface area contributed by atoms with E-state index >= 15 is 0 Å². The molecule has 9 heteroatoms. The number of carbonyl (C=O) groups excluding carboxylic acids is 3. The molecule has 2 aliphatic carbocycles. The van der Waals surface area contributed by atoms with E-state index in [0.717, 1.165) is 38.5 Å². The van der Waals surface area contributed by atoms with Crippen LogP contribution in [0.5, 0.6) is 0 Å². The normalized spacial score (nSPS) is 20.8. The van der Waals surface area contributed by atoms with E-state index in [2.05, 4.69) is 21.0 Å². The fourth-order valence-electron chi connectivity index (χ4n) is 4.36. The summed E-state index contributed by atoms with van der Waals surface area (Å²) in [5.41, 5.74) is -1.01. The third kappa shape index (κ3) is 4.95. The van der Waals surface area contributed by atoms with Gasteiger partial charge < -0.3 is 21.1 Å². The lowest BCUT2D eigenvalue weighted by molar-refractivity contribution is -0.139. The molecule has 0 aliphatic heterocycles. The van der Waals surface area contributed by atoms with Crippen LogP contribution < -0.4 is 16.0 Å². The van der Waals surface area contributed by atoms with Crippen molar-refractivity contribution in [2.45, 2.75) is 76.0 Å². The number of anilines is 1. The quantitative estimate of drug-likeness (QED) is 0.535. The average molecular weight is 405 g/mol. The highest BCUT2D eigenvalue weighted by Gasteiger charge is 2.49. The van der Waals surface area contributed by atoms with Gasteiger partial charge in [0.25, 0.3) is 5.91 Å². The first-order valence-electron chi connectivity index (χ1n) is 10.4. The van der Waals surface area contributed by atoms with Crippen LogP contribution in [-0.4, -0.2) is 50.3 Å². The first-order chi connectivity index (χ1) is 13.8. The number of rotatable bonds is 7. The third-order valence-electron chi connectivity index (χ3n) is 6.12. The molecule has 1 heterocycles. The largest absolute Gasteiger partial charge is 0.381 e. The van der Waals surface area contributed by atoms with Crippen LogP contribution in [0.3, 0.4) is 0 Å². The summed E-state index contributed by atoms with van der Waals surface area (Å²) in [6.45, 7) is 1.40. The summed E-state index contributed by atoms with van der Waals surface area (Å²) in [6, 6.07) is 0.989. The van der Waals surface area contributed by atoms with E-state index in [1.165, 1.54) is 6.92 Å². The number of nitrogens with zero attached hydrogens (tertiary/aromatic N) is 2. The molecule has 0 aromatic carbocycles. The van der Waals surface area contributed by atoms with Crippen molar-refractivity contribution in [2.24, 2.45) is 13.0 Å². The molecule has 1 aromatic heterocycles. The molecule has 160 valence electrons. The van der Waals surface area contributed by atoms with E-state index in [0.29, 0.717) is 18.7 Å². The molecule has 0 saturated heterocycles. The lowest BCUT2D eigenvalue weighted by atomic mass is 9.71. The summed E-state index contributed by atoms with van der Waals surface area (Å²) >= 11 is 0. The number of nitrogens with one attached hydrogen (secondary N) is 3. The molecule has 3 amide bonds. The number of aromatic nitrogens is 2. The fraction of sp³-hybridized carbons (Fsp3) is 0.700. The van der Waals surface area contributed by atoms with Gasteiger partial charge >= 0.3 is 0 Å². The number of aliphatic hydroxyl groups is 1. The Morgan fingerprint density at radius 3 is 2.38 bits per heavy atom. The molecule has 0 spiro atoms. The standard InChI is InChI=1S/C20H31N5O4/c1-13(26)21-16(14-7-4-3-5-8-14)18(28)23-20(10-6-11-20)17(27)19(29)22-15-9-12-25(2)24-15/h9,12,14,16-17,27H,3-8,10-11H2,1-2H3,(H,21,26)(H,23,28)(H,22,24,29). The monoisotopic (exact) mass is 405 g/mol. The van der Waals surface area contributed by atoms with Crippen molar-refractivity contribution in [3.63, 3.8) is 0 Å². The number of hydrogen-bond donors (Lipinski definition) is 4. The van der Waals surface area contributed by atoms with Crippen LogP contribution in [0.1, 0.15) is 58.3 Å². The first-order valence-corrected chi connectivity index (χ1v) is 10.4. The predicted molar refractivity (Wildman–Crippen MR) is 107 cm³/mol. The van der Waals surface area contributed by atoms with Gasteiger partial charge in [-0.15, -0.1) is 0 Å². The second kappa shape index (κ2) is 8.94. The fourth-order valence-corrected chi connectivity index (χ4v) is 4.36. The maximum atomic E-state index is 13.1. The highest BCUT2D eigenvalue weighted by atomic mass is 16.3. The second-order valence-electron chi connectivity index (χ2n) is 8.34. The first kappa shape index (κ1) is 21.3. The minimum Gasteiger partial charge on any atom is -0.381 e. The number of aliphatic hydroxyl groups excluding tert-OH is 1. The Bertz CT molecular complexity index is 752. The third-order valence-corrected chi connectivity index (χ3v) is 6.12. The predicted octanol–water partition coefficient (Wildman–Crippen LogP) is 0.843. The van der Waals surface area contributed by atoms with Crippen LogP contribution in [0.2, 0.25) is 0 Å². The summed E-state index contributed by atoms with van der Waals surface area (Å²) in [4.78, 5) is 37.3. The molecule has 0 radical (unpaired) electrons. The van der Waals surface area contributed by atoms with E-state index in [1.807, 2.05) is 0 Å². The van der Waals surface area contributed by atoms with Gasteiger partial charge in [-0.3, -0.25) is 19.1 Å². The van der Waals surface area contributed by atoms with Crippen molar-refractivity contribution in [2.75, 3.05) is 5.32 Å². The van der Waals surface area contributed by atoms with Gasteiger partial charge in [0.1, 0.15) is 6.04 Å². The van der Waals surface area contributed by atoms with Gasteiger partial charge in [0.2, 0.25) is 11.8 Å². The smallest absolute Gasteiger partial charge is 0.256 e. The zero-order valence-electron chi connectivity index (χ0n) is 17.1. The van der Waals surface area contributed by atoms with Gasteiger partial charge in [-0.2, -0.15) is 5.10 Å². The molecule has 0 bridgehead atoms. The Morgan fingerprint density at radius 1 is 1.17 bits per heavy atom. The van der Waals surface area contributed by atoms with Crippen LogP contribution in [0, 0.1) is 5.92 Å². The number of amides is 3. The summed E-state index contributed by atoms with van der Waals surface area (Å²) in [6.07, 6.45) is 7.09. The molecule has 29 heavy (non-hydrogen) atoms. The van der Waals surface area contributed by atoms with Crippen LogP contribution in [0.4, 0.5) is 5.82 Å². The minimum atomic E-state index is -1.40. The van der Waals surface area contributed by atoms with Crippen molar-refractivity contribution < 1.29 is 19.5 Å². The van der Waals surface area contributed by atoms with E-state index in [4.69, 9.17) is 0 Å². The zero-order chi connectivity index (χ0) is 21.0. The van der Waals surface area contributed by atoms with Gasteiger partial charge in [0.15, 0.2) is 11.9 Å². The molecule has 2 unspecified atom stereocenters. The van der Waals surface area contributed by atoms with Crippen LogP contribution in [0.25, 0.3) is 0 Å². The van der Waals surface area contributed by atoms with Crippen LogP contribution in [0.15, 0.2) is 12.3 Å². The Morgan fingerprint density at radius 2 is 1.86 bits per heavy atom. The Balaban J connectivity index is 1.69. The molecule has 3 rings (SSSR count). The van der Waals surface area contributed by atoms with Gasteiger partial charge in [-0.25, -0.2) is 0 Å². The molecule has 2 fully saturated rings. The Labute approximate surface area is 170 Å². The van der Waals surface area contributed by atoms with Crippen molar-refractivity contribution in [3.8, 4) is 0 Å². The van der Waals surface area contributed by atoms with Crippen molar-refractivity contribution in [3.05, 3.63) is 12.3 Å². The molecule has 1 aromatic rings. The minimum absolute atomic E-state index is 0.0734. The highest BCUT2D eigenvalue weighted by Crippen LogP contribution is 2.36. The van der Waals surface area contributed by atoms with Gasteiger partial charge in [-0.1, -0.05) is 19.3 Å². The maximum absolute atomic E-state index is 13.1. The summed E-state index contributed by atoms with van der Waals surface area (Å²) in [5.74, 6) is -0.763. The Kier molecular flexibility index (Phi) is 6.56. The number of carbonyl (C=O) groups is 3. The van der Waals surface area contributed by atoms with Crippen molar-refractivity contribution in [1.82, 2.24) is 20.4 Å². The van der Waals surface area contributed by atoms with Gasteiger partial charge in [0, 0.05) is 26.2 Å². The van der Waals surface area contributed by atoms with Gasteiger partial charge in [0.05, 0.1) is 5.54 Å². The lowest BCUT2D eigenvalue weighted by Crippen LogP contribution is -2.67. The number of hydrogen-bond acceptors (Lipinski definition) is 5. The second-order valence-corrected chi connectivity index (χ2v) is 8.34. The molecule has 2 atom stereocenters. The molecular formula is C20H31N5O4. The molecular weight excluding hydrogens is 374 g/mol. The zero-order valence-corrected chi connectivity index (χ0v) is 17.1. The van der Waals surface area contributed by atoms with E-state index in [9.17, 15) is 19.5 Å². The van der Waals surface area contributed by atoms with E-state index in [-0.39, 0.29) is 17.7 Å². The molecule has 2 saturated carbocycles. The highest BCUT2D eigenvalue weighted by molar-refractivity contribution is 5.95. The van der Waals surface area contributed by atoms with Crippen molar-refractivity contribution >= 4 is 23.5 Å². The maximum Gasteiger partial charge on any atom is 0.256 e. The van der Waals surface area contributed by atoms with E-state index < -0.39 is 23.6 Å². The van der Waals surface area contributed by atoms with Crippen LogP contribution in [-0.2, 0) is 21.4 Å². The SMILES string of the molecule is CC(=O)NC(C(=O)NC1(C(O)C(=O)Nc2ccn(C)n2)CCC1)C1CCCCC1. The molecule has 9 nitrogen and oxygen atoms in total. The summed E-state index contributed by atoms with van der Waals surface area (Å²) in [5, 5.41) is 23.1. The van der Waals surface area contributed by atoms with Gasteiger partial charge in [-0.05, 0) is 38.0 Å².